The molecule has 2 rings (SSSR count). The molecule has 0 unspecified atom stereocenters. The van der Waals surface area contributed by atoms with Crippen molar-refractivity contribution in [2.45, 2.75) is 37.6 Å². The van der Waals surface area contributed by atoms with E-state index in [9.17, 15) is 9.59 Å². The highest BCUT2D eigenvalue weighted by atomic mass is 32.2. The number of nitrogens with zero attached hydrogens (tertiary/aromatic N) is 3. The quantitative estimate of drug-likeness (QED) is 0.543. The van der Waals surface area contributed by atoms with Crippen molar-refractivity contribution in [1.82, 2.24) is 20.4 Å². The molecular formula is C19H27N5O2S2. The molecule has 2 N–H and O–H groups in total. The second-order valence-electron chi connectivity index (χ2n) is 6.45. The van der Waals surface area contributed by atoms with E-state index in [-0.39, 0.29) is 30.2 Å². The molecule has 7 nitrogen and oxygen atoms in total. The number of anilines is 1. The van der Waals surface area contributed by atoms with E-state index in [0.29, 0.717) is 6.54 Å². The molecule has 1 aromatic heterocycles. The lowest BCUT2D eigenvalue weighted by atomic mass is 10.2. The van der Waals surface area contributed by atoms with E-state index in [2.05, 4.69) is 33.0 Å². The zero-order chi connectivity index (χ0) is 20.4. The fourth-order valence-corrected chi connectivity index (χ4v) is 4.11. The first kappa shape index (κ1) is 22.2. The Hall–Kier alpha value is -2.13. The van der Waals surface area contributed by atoms with Gasteiger partial charge in [0.1, 0.15) is 0 Å². The van der Waals surface area contributed by atoms with Gasteiger partial charge in [0.2, 0.25) is 16.9 Å². The molecule has 0 saturated carbocycles. The van der Waals surface area contributed by atoms with Crippen LogP contribution in [0.4, 0.5) is 5.13 Å². The van der Waals surface area contributed by atoms with E-state index in [1.807, 2.05) is 39.0 Å². The smallest absolute Gasteiger partial charge is 0.239 e. The van der Waals surface area contributed by atoms with Gasteiger partial charge < -0.3 is 15.5 Å². The van der Waals surface area contributed by atoms with Crippen molar-refractivity contribution < 1.29 is 9.59 Å². The number of nitrogens with one attached hydrogen (secondary N) is 2. The molecule has 152 valence electrons. The molecule has 0 fully saturated rings. The summed E-state index contributed by atoms with van der Waals surface area (Å²) in [6, 6.07) is 10.3. The Bertz CT molecular complexity index is 752. The van der Waals surface area contributed by atoms with Gasteiger partial charge in [-0.05, 0) is 32.8 Å². The third-order valence-electron chi connectivity index (χ3n) is 3.78. The van der Waals surface area contributed by atoms with E-state index >= 15 is 0 Å². The third kappa shape index (κ3) is 7.85. The first-order valence-corrected chi connectivity index (χ1v) is 11.1. The number of hydrogen-bond donors (Lipinski definition) is 2. The molecule has 0 aliphatic carbocycles. The SMILES string of the molecule is CCN(CC(=O)NC(C)C)C(=O)CSc1nnc(NCCc2ccccc2)s1. The molecule has 1 aromatic carbocycles. The number of benzene rings is 1. The lowest BCUT2D eigenvalue weighted by Gasteiger charge is -2.20. The molecule has 0 atom stereocenters. The highest BCUT2D eigenvalue weighted by Crippen LogP contribution is 2.25. The second-order valence-corrected chi connectivity index (χ2v) is 8.65. The minimum atomic E-state index is -0.143. The summed E-state index contributed by atoms with van der Waals surface area (Å²) in [5.41, 5.74) is 1.26. The number of hydrogen-bond acceptors (Lipinski definition) is 7. The summed E-state index contributed by atoms with van der Waals surface area (Å²) in [7, 11) is 0. The molecule has 9 heteroatoms. The summed E-state index contributed by atoms with van der Waals surface area (Å²) >= 11 is 2.78. The van der Waals surface area contributed by atoms with Crippen molar-refractivity contribution in [3.8, 4) is 0 Å². The molecule has 0 saturated heterocycles. The van der Waals surface area contributed by atoms with Gasteiger partial charge in [0.25, 0.3) is 0 Å². The van der Waals surface area contributed by atoms with Crippen LogP contribution in [0.1, 0.15) is 26.3 Å². The molecule has 0 aliphatic heterocycles. The molecule has 0 aliphatic rings. The Morgan fingerprint density at radius 2 is 1.96 bits per heavy atom. The predicted octanol–water partition coefficient (Wildman–Crippen LogP) is 2.66. The highest BCUT2D eigenvalue weighted by molar-refractivity contribution is 8.01. The predicted molar refractivity (Wildman–Crippen MR) is 115 cm³/mol. The van der Waals surface area contributed by atoms with Crippen LogP contribution >= 0.6 is 23.1 Å². The zero-order valence-electron chi connectivity index (χ0n) is 16.5. The largest absolute Gasteiger partial charge is 0.360 e. The van der Waals surface area contributed by atoms with Gasteiger partial charge in [-0.25, -0.2) is 0 Å². The van der Waals surface area contributed by atoms with Crippen molar-refractivity contribution in [1.29, 1.82) is 0 Å². The topological polar surface area (TPSA) is 87.2 Å². The van der Waals surface area contributed by atoms with E-state index in [1.54, 1.807) is 4.90 Å². The summed E-state index contributed by atoms with van der Waals surface area (Å²) < 4.78 is 0.734. The number of aromatic nitrogens is 2. The van der Waals surface area contributed by atoms with Crippen molar-refractivity contribution >= 4 is 40.0 Å². The van der Waals surface area contributed by atoms with Gasteiger partial charge in [-0.2, -0.15) is 0 Å². The van der Waals surface area contributed by atoms with Crippen LogP contribution in [0.2, 0.25) is 0 Å². The Balaban J connectivity index is 1.74. The van der Waals surface area contributed by atoms with E-state index in [0.717, 1.165) is 22.4 Å². The van der Waals surface area contributed by atoms with Crippen molar-refractivity contribution in [2.75, 3.05) is 30.7 Å². The molecule has 1 heterocycles. The first-order chi connectivity index (χ1) is 13.5. The highest BCUT2D eigenvalue weighted by Gasteiger charge is 2.17. The molecule has 0 spiro atoms. The maximum atomic E-state index is 12.4. The molecule has 2 aromatic rings. The summed E-state index contributed by atoms with van der Waals surface area (Å²) in [4.78, 5) is 25.8. The Labute approximate surface area is 174 Å². The molecule has 28 heavy (non-hydrogen) atoms. The van der Waals surface area contributed by atoms with Crippen LogP contribution in [0.3, 0.4) is 0 Å². The number of amides is 2. The standard InChI is InChI=1S/C19H27N5O2S2/c1-4-24(12-16(25)21-14(2)3)17(26)13-27-19-23-22-18(28-19)20-11-10-15-8-6-5-7-9-15/h5-9,14H,4,10-13H2,1-3H3,(H,20,22)(H,21,25). The van der Waals surface area contributed by atoms with E-state index in [4.69, 9.17) is 0 Å². The minimum absolute atomic E-state index is 0.0601. The average Bonchev–Trinajstić information content (AvgIpc) is 3.12. The van der Waals surface area contributed by atoms with Crippen LogP contribution in [0.25, 0.3) is 0 Å². The third-order valence-corrected chi connectivity index (χ3v) is 5.78. The van der Waals surface area contributed by atoms with Crippen LogP contribution in [-0.2, 0) is 16.0 Å². The number of thioether (sulfide) groups is 1. The van der Waals surface area contributed by atoms with Gasteiger partial charge in [-0.3, -0.25) is 9.59 Å². The maximum Gasteiger partial charge on any atom is 0.239 e. The van der Waals surface area contributed by atoms with Crippen LogP contribution in [0, 0.1) is 0 Å². The van der Waals surface area contributed by atoms with Gasteiger partial charge in [-0.1, -0.05) is 53.4 Å². The molecule has 0 bridgehead atoms. The lowest BCUT2D eigenvalue weighted by Crippen LogP contribution is -2.43. The van der Waals surface area contributed by atoms with Crippen molar-refractivity contribution in [3.05, 3.63) is 35.9 Å². The second kappa shape index (κ2) is 11.7. The Morgan fingerprint density at radius 1 is 1.21 bits per heavy atom. The molecular weight excluding hydrogens is 394 g/mol. The molecule has 0 radical (unpaired) electrons. The van der Waals surface area contributed by atoms with Crippen LogP contribution < -0.4 is 10.6 Å². The average molecular weight is 422 g/mol. The first-order valence-electron chi connectivity index (χ1n) is 9.29. The van der Waals surface area contributed by atoms with Gasteiger partial charge in [0.15, 0.2) is 4.34 Å². The fourth-order valence-electron chi connectivity index (χ4n) is 2.43. The van der Waals surface area contributed by atoms with E-state index in [1.165, 1.54) is 28.7 Å². The summed E-state index contributed by atoms with van der Waals surface area (Å²) in [6.07, 6.45) is 0.908. The zero-order valence-corrected chi connectivity index (χ0v) is 18.1. The van der Waals surface area contributed by atoms with Gasteiger partial charge >= 0.3 is 0 Å². The number of carbonyl (C=O) groups excluding carboxylic acids is 2. The number of carbonyl (C=O) groups is 2. The lowest BCUT2D eigenvalue weighted by molar-refractivity contribution is -0.134. The fraction of sp³-hybridized carbons (Fsp3) is 0.474. The van der Waals surface area contributed by atoms with Gasteiger partial charge in [0.05, 0.1) is 12.3 Å². The van der Waals surface area contributed by atoms with Gasteiger partial charge in [-0.15, -0.1) is 10.2 Å². The maximum absolute atomic E-state index is 12.4. The Kier molecular flexibility index (Phi) is 9.22. The summed E-state index contributed by atoms with van der Waals surface area (Å²) in [5.74, 6) is 0.0118. The monoisotopic (exact) mass is 421 g/mol. The summed E-state index contributed by atoms with van der Waals surface area (Å²) in [5, 5.41) is 15.0. The van der Waals surface area contributed by atoms with Crippen LogP contribution in [0.5, 0.6) is 0 Å². The Morgan fingerprint density at radius 3 is 2.64 bits per heavy atom. The summed E-state index contributed by atoms with van der Waals surface area (Å²) in [6.45, 7) is 7.01. The van der Waals surface area contributed by atoms with Crippen LogP contribution in [0.15, 0.2) is 34.7 Å². The number of rotatable bonds is 11. The minimum Gasteiger partial charge on any atom is -0.360 e. The number of likely N-dealkylation sites (N-methyl/N-ethyl adjacent to an activating group) is 1. The molecule has 2 amide bonds. The van der Waals surface area contributed by atoms with Crippen LogP contribution in [-0.4, -0.2) is 58.3 Å². The van der Waals surface area contributed by atoms with Gasteiger partial charge in [0, 0.05) is 19.1 Å². The van der Waals surface area contributed by atoms with Crippen molar-refractivity contribution in [3.63, 3.8) is 0 Å². The van der Waals surface area contributed by atoms with Crippen molar-refractivity contribution in [2.24, 2.45) is 0 Å². The van der Waals surface area contributed by atoms with E-state index < -0.39 is 0 Å². The normalized spacial score (nSPS) is 10.7.